The summed E-state index contributed by atoms with van der Waals surface area (Å²) in [5.74, 6) is 0.729. The van der Waals surface area contributed by atoms with Crippen molar-refractivity contribution in [1.29, 1.82) is 0 Å². The van der Waals surface area contributed by atoms with Gasteiger partial charge in [-0.1, -0.05) is 12.8 Å². The summed E-state index contributed by atoms with van der Waals surface area (Å²) in [5, 5.41) is 6.40. The zero-order valence-corrected chi connectivity index (χ0v) is 14.5. The number of benzene rings is 1. The number of anilines is 1. The molecule has 7 nitrogen and oxygen atoms in total. The van der Waals surface area contributed by atoms with Gasteiger partial charge in [0.05, 0.1) is 12.5 Å². The molecule has 7 heteroatoms. The maximum Gasteiger partial charge on any atom is 0.255 e. The number of carbonyl (C=O) groups excluding carboxylic acids is 2. The summed E-state index contributed by atoms with van der Waals surface area (Å²) < 4.78 is 10.6. The number of primary amides is 1. The van der Waals surface area contributed by atoms with Gasteiger partial charge in [-0.15, -0.1) is 0 Å². The second-order valence-corrected chi connectivity index (χ2v) is 6.80. The third-order valence-electron chi connectivity index (χ3n) is 5.28. The summed E-state index contributed by atoms with van der Waals surface area (Å²) in [6.45, 7) is 1.39. The highest BCUT2D eigenvalue weighted by molar-refractivity contribution is 5.96. The Balaban J connectivity index is 1.76. The Bertz CT molecular complexity index is 664. The predicted octanol–water partition coefficient (Wildman–Crippen LogP) is 1.28. The molecule has 3 rings (SSSR count). The molecular weight excluding hydrogens is 322 g/mol. The topological polar surface area (TPSA) is 103 Å². The molecule has 2 fully saturated rings. The number of fused-ring (bicyclic) bond motifs is 1. The number of hydrogen-bond donors (Lipinski definition) is 3. The maximum atomic E-state index is 13.0. The van der Waals surface area contributed by atoms with Crippen LogP contribution in [-0.2, 0) is 9.59 Å². The molecule has 1 aliphatic carbocycles. The van der Waals surface area contributed by atoms with Gasteiger partial charge in [0.1, 0.15) is 0 Å². The second-order valence-electron chi connectivity index (χ2n) is 6.80. The molecule has 2 aliphatic rings. The van der Waals surface area contributed by atoms with Crippen LogP contribution in [0.1, 0.15) is 25.7 Å². The van der Waals surface area contributed by atoms with Crippen LogP contribution in [0.25, 0.3) is 0 Å². The molecule has 0 bridgehead atoms. The quantitative estimate of drug-likeness (QED) is 0.719. The van der Waals surface area contributed by atoms with Crippen molar-refractivity contribution in [3.63, 3.8) is 0 Å². The van der Waals surface area contributed by atoms with Crippen LogP contribution in [0, 0.1) is 11.3 Å². The van der Waals surface area contributed by atoms with E-state index in [9.17, 15) is 9.59 Å². The highest BCUT2D eigenvalue weighted by atomic mass is 16.5. The molecule has 25 heavy (non-hydrogen) atoms. The smallest absolute Gasteiger partial charge is 0.255 e. The van der Waals surface area contributed by atoms with Crippen molar-refractivity contribution in [2.45, 2.75) is 25.7 Å². The maximum absolute atomic E-state index is 13.0. The Morgan fingerprint density at radius 1 is 1.36 bits per heavy atom. The zero-order chi connectivity index (χ0) is 17.9. The van der Waals surface area contributed by atoms with Crippen LogP contribution < -0.4 is 25.8 Å². The monoisotopic (exact) mass is 347 g/mol. The Morgan fingerprint density at radius 3 is 2.96 bits per heavy atom. The number of rotatable bonds is 6. The van der Waals surface area contributed by atoms with E-state index in [1.54, 1.807) is 18.2 Å². The fraction of sp³-hybridized carbons (Fsp3) is 0.556. The van der Waals surface area contributed by atoms with Gasteiger partial charge in [0.25, 0.3) is 5.91 Å². The van der Waals surface area contributed by atoms with Gasteiger partial charge in [-0.3, -0.25) is 9.59 Å². The summed E-state index contributed by atoms with van der Waals surface area (Å²) in [4.78, 5) is 24.0. The number of hydrogen-bond acceptors (Lipinski definition) is 5. The fourth-order valence-corrected chi connectivity index (χ4v) is 3.96. The third-order valence-corrected chi connectivity index (χ3v) is 5.28. The van der Waals surface area contributed by atoms with Crippen molar-refractivity contribution < 1.29 is 19.1 Å². The molecule has 1 aromatic carbocycles. The first-order chi connectivity index (χ1) is 12.0. The van der Waals surface area contributed by atoms with E-state index in [2.05, 4.69) is 10.6 Å². The minimum atomic E-state index is -0.572. The Labute approximate surface area is 147 Å². The lowest BCUT2D eigenvalue weighted by molar-refractivity contribution is -0.128. The number of ether oxygens (including phenoxy) is 2. The van der Waals surface area contributed by atoms with E-state index >= 15 is 0 Å². The largest absolute Gasteiger partial charge is 0.493 e. The van der Waals surface area contributed by atoms with Gasteiger partial charge < -0.3 is 25.8 Å². The number of carbonyl (C=O) groups is 2. The summed E-state index contributed by atoms with van der Waals surface area (Å²) in [6, 6.07) is 5.14. The first-order valence-electron chi connectivity index (χ1n) is 8.66. The molecule has 4 N–H and O–H groups in total. The van der Waals surface area contributed by atoms with Crippen LogP contribution in [0.4, 0.5) is 5.69 Å². The van der Waals surface area contributed by atoms with E-state index in [1.807, 2.05) is 0 Å². The van der Waals surface area contributed by atoms with Gasteiger partial charge in [0, 0.05) is 18.3 Å². The van der Waals surface area contributed by atoms with E-state index in [1.165, 1.54) is 13.5 Å². The number of amides is 2. The highest BCUT2D eigenvalue weighted by Gasteiger charge is 2.49. The third kappa shape index (κ3) is 3.56. The molecule has 0 spiro atoms. The predicted molar refractivity (Wildman–Crippen MR) is 93.6 cm³/mol. The van der Waals surface area contributed by atoms with E-state index in [0.29, 0.717) is 23.1 Å². The number of methoxy groups -OCH3 is 1. The van der Waals surface area contributed by atoms with Gasteiger partial charge in [0.15, 0.2) is 18.1 Å². The van der Waals surface area contributed by atoms with Crippen LogP contribution in [0.5, 0.6) is 11.5 Å². The van der Waals surface area contributed by atoms with Gasteiger partial charge in [0.2, 0.25) is 5.91 Å². The van der Waals surface area contributed by atoms with E-state index in [0.717, 1.165) is 32.4 Å². The summed E-state index contributed by atoms with van der Waals surface area (Å²) in [6.07, 6.45) is 4.28. The Kier molecular flexibility index (Phi) is 5.13. The van der Waals surface area contributed by atoms with E-state index < -0.39 is 5.91 Å². The molecule has 1 saturated heterocycles. The minimum Gasteiger partial charge on any atom is -0.493 e. The molecule has 1 aliphatic heterocycles. The molecule has 1 aromatic rings. The first kappa shape index (κ1) is 17.5. The lowest BCUT2D eigenvalue weighted by Crippen LogP contribution is -2.44. The summed E-state index contributed by atoms with van der Waals surface area (Å²) in [7, 11) is 1.51. The molecule has 0 unspecified atom stereocenters. The standard InChI is InChI=1S/C18H25N3O4/c1-24-14-6-5-13(8-15(14)25-10-16(19)22)21-17(23)18-7-3-2-4-12(18)9-20-11-18/h5-6,8,12,20H,2-4,7,9-11H2,1H3,(H2,19,22)(H,21,23)/t12-,18+/m0/s1. The molecule has 136 valence electrons. The first-order valence-corrected chi connectivity index (χ1v) is 8.66. The van der Waals surface area contributed by atoms with E-state index in [4.69, 9.17) is 15.2 Å². The van der Waals surface area contributed by atoms with Crippen LogP contribution in [-0.4, -0.2) is 38.6 Å². The normalized spacial score (nSPS) is 25.1. The lowest BCUT2D eigenvalue weighted by atomic mass is 9.67. The van der Waals surface area contributed by atoms with Gasteiger partial charge in [-0.2, -0.15) is 0 Å². The zero-order valence-electron chi connectivity index (χ0n) is 14.5. The van der Waals surface area contributed by atoms with Crippen molar-refractivity contribution in [3.8, 4) is 11.5 Å². The molecular formula is C18H25N3O4. The van der Waals surface area contributed by atoms with Crippen LogP contribution >= 0.6 is 0 Å². The van der Waals surface area contributed by atoms with Crippen LogP contribution in [0.15, 0.2) is 18.2 Å². The summed E-state index contributed by atoms with van der Waals surface area (Å²) >= 11 is 0. The molecule has 1 heterocycles. The van der Waals surface area contributed by atoms with E-state index in [-0.39, 0.29) is 17.9 Å². The molecule has 2 amide bonds. The van der Waals surface area contributed by atoms with Gasteiger partial charge >= 0.3 is 0 Å². The Hall–Kier alpha value is -2.28. The van der Waals surface area contributed by atoms with Crippen molar-refractivity contribution >= 4 is 17.5 Å². The number of nitrogens with one attached hydrogen (secondary N) is 2. The number of nitrogens with two attached hydrogens (primary N) is 1. The van der Waals surface area contributed by atoms with Crippen molar-refractivity contribution in [2.75, 3.05) is 32.1 Å². The highest BCUT2D eigenvalue weighted by Crippen LogP contribution is 2.44. The van der Waals surface area contributed by atoms with Crippen LogP contribution in [0.2, 0.25) is 0 Å². The average Bonchev–Trinajstić information content (AvgIpc) is 3.05. The fourth-order valence-electron chi connectivity index (χ4n) is 3.96. The molecule has 1 saturated carbocycles. The van der Waals surface area contributed by atoms with Crippen molar-refractivity contribution in [3.05, 3.63) is 18.2 Å². The average molecular weight is 347 g/mol. The van der Waals surface area contributed by atoms with Crippen molar-refractivity contribution in [1.82, 2.24) is 5.32 Å². The molecule has 2 atom stereocenters. The minimum absolute atomic E-state index is 0.0493. The summed E-state index contributed by atoms with van der Waals surface area (Å²) in [5.41, 5.74) is 5.42. The molecule has 0 radical (unpaired) electrons. The second kappa shape index (κ2) is 7.31. The lowest BCUT2D eigenvalue weighted by Gasteiger charge is -2.37. The van der Waals surface area contributed by atoms with Crippen LogP contribution in [0.3, 0.4) is 0 Å². The molecule has 0 aromatic heterocycles. The Morgan fingerprint density at radius 2 is 2.20 bits per heavy atom. The van der Waals surface area contributed by atoms with Gasteiger partial charge in [-0.05, 0) is 37.4 Å². The van der Waals surface area contributed by atoms with Crippen molar-refractivity contribution in [2.24, 2.45) is 17.1 Å². The SMILES string of the molecule is COc1ccc(NC(=O)[C@@]23CCCC[C@H]2CNC3)cc1OCC(N)=O. The van der Waals surface area contributed by atoms with Gasteiger partial charge in [-0.25, -0.2) is 0 Å².